The van der Waals surface area contributed by atoms with E-state index in [4.69, 9.17) is 0 Å². The molecule has 1 saturated carbocycles. The molecule has 1 heterocycles. The lowest BCUT2D eigenvalue weighted by atomic mass is 10.2. The number of aromatic nitrogens is 2. The molecule has 2 N–H and O–H groups in total. The topological polar surface area (TPSA) is 95.2 Å². The monoisotopic (exact) mass is 376 g/mol. The predicted molar refractivity (Wildman–Crippen MR) is 98.3 cm³/mol. The Morgan fingerprint density at radius 2 is 1.88 bits per heavy atom. The van der Waals surface area contributed by atoms with E-state index in [0.717, 1.165) is 24.1 Å². The summed E-state index contributed by atoms with van der Waals surface area (Å²) in [6.07, 6.45) is 2.29. The van der Waals surface area contributed by atoms with E-state index in [1.807, 2.05) is 13.8 Å². The number of nitrogens with zero attached hydrogens (tertiary/aromatic N) is 2. The fourth-order valence-electron chi connectivity index (χ4n) is 2.82. The van der Waals surface area contributed by atoms with Gasteiger partial charge in [-0.25, -0.2) is 8.42 Å². The van der Waals surface area contributed by atoms with Gasteiger partial charge in [0.1, 0.15) is 5.69 Å². The van der Waals surface area contributed by atoms with Gasteiger partial charge in [0.05, 0.1) is 4.90 Å². The number of hydrogen-bond acceptors (Lipinski definition) is 4. The van der Waals surface area contributed by atoms with Crippen LogP contribution in [0.3, 0.4) is 0 Å². The molecule has 1 aliphatic carbocycles. The highest BCUT2D eigenvalue weighted by molar-refractivity contribution is 7.89. The Balaban J connectivity index is 1.61. The Morgan fingerprint density at radius 3 is 2.46 bits per heavy atom. The van der Waals surface area contributed by atoms with E-state index in [-0.39, 0.29) is 10.8 Å². The molecule has 0 radical (unpaired) electrons. The van der Waals surface area contributed by atoms with Crippen LogP contribution in [-0.4, -0.2) is 41.9 Å². The van der Waals surface area contributed by atoms with E-state index in [9.17, 15) is 13.2 Å². The zero-order valence-electron chi connectivity index (χ0n) is 15.0. The fourth-order valence-corrected chi connectivity index (χ4v) is 4.28. The number of aromatic amines is 1. The molecule has 1 aromatic heterocycles. The van der Waals surface area contributed by atoms with Gasteiger partial charge in [0.2, 0.25) is 10.0 Å². The van der Waals surface area contributed by atoms with Gasteiger partial charge in [-0.1, -0.05) is 26.0 Å². The van der Waals surface area contributed by atoms with E-state index in [0.29, 0.717) is 31.2 Å². The number of benzene rings is 1. The van der Waals surface area contributed by atoms with Crippen LogP contribution in [0.2, 0.25) is 0 Å². The van der Waals surface area contributed by atoms with Crippen molar-refractivity contribution in [1.82, 2.24) is 19.8 Å². The first-order valence-corrected chi connectivity index (χ1v) is 10.3. The number of amides is 1. The molecule has 0 aliphatic heterocycles. The Bertz CT molecular complexity index is 866. The van der Waals surface area contributed by atoms with E-state index in [1.165, 1.54) is 4.31 Å². The summed E-state index contributed by atoms with van der Waals surface area (Å²) in [5.74, 6) is 0.275. The highest BCUT2D eigenvalue weighted by Crippen LogP contribution is 2.38. The lowest BCUT2D eigenvalue weighted by Crippen LogP contribution is -2.30. The number of rotatable bonds is 8. The molecule has 1 aromatic carbocycles. The second kappa shape index (κ2) is 7.59. The summed E-state index contributed by atoms with van der Waals surface area (Å²) >= 11 is 0. The van der Waals surface area contributed by atoms with Gasteiger partial charge in [-0.05, 0) is 36.6 Å². The highest BCUT2D eigenvalue weighted by atomic mass is 32.2. The molecule has 140 valence electrons. The summed E-state index contributed by atoms with van der Waals surface area (Å²) in [6, 6.07) is 8.39. The molecule has 0 spiro atoms. The third-order valence-electron chi connectivity index (χ3n) is 4.57. The van der Waals surface area contributed by atoms with Gasteiger partial charge in [-0.2, -0.15) is 9.40 Å². The van der Waals surface area contributed by atoms with E-state index >= 15 is 0 Å². The number of H-pyrrole nitrogens is 1. The maximum atomic E-state index is 12.5. The number of sulfonamides is 1. The molecular formula is C18H24N4O3S. The molecule has 7 nitrogen and oxygen atoms in total. The van der Waals surface area contributed by atoms with Crippen molar-refractivity contribution < 1.29 is 13.2 Å². The van der Waals surface area contributed by atoms with Crippen molar-refractivity contribution >= 4 is 15.9 Å². The van der Waals surface area contributed by atoms with Gasteiger partial charge in [0.25, 0.3) is 5.91 Å². The van der Waals surface area contributed by atoms with Gasteiger partial charge in [-0.3, -0.25) is 9.89 Å². The van der Waals surface area contributed by atoms with Gasteiger partial charge in [-0.15, -0.1) is 0 Å². The van der Waals surface area contributed by atoms with Gasteiger partial charge >= 0.3 is 0 Å². The van der Waals surface area contributed by atoms with Crippen LogP contribution in [0.15, 0.2) is 35.2 Å². The molecule has 8 heteroatoms. The van der Waals surface area contributed by atoms with Gasteiger partial charge < -0.3 is 5.32 Å². The van der Waals surface area contributed by atoms with Gasteiger partial charge in [0, 0.05) is 31.2 Å². The Morgan fingerprint density at radius 1 is 1.23 bits per heavy atom. The molecule has 0 bridgehead atoms. The van der Waals surface area contributed by atoms with E-state index in [2.05, 4.69) is 15.5 Å². The SMILES string of the molecule is CCN(CC)S(=O)(=O)c1ccc(CNC(=O)c2cc(C3CC3)[nH]n2)cc1. The maximum Gasteiger partial charge on any atom is 0.272 e. The van der Waals surface area contributed by atoms with Crippen LogP contribution in [0.4, 0.5) is 0 Å². The first kappa shape index (κ1) is 18.6. The fraction of sp³-hybridized carbons (Fsp3) is 0.444. The van der Waals surface area contributed by atoms with Gasteiger partial charge in [0.15, 0.2) is 0 Å². The van der Waals surface area contributed by atoms with Crippen molar-refractivity contribution in [3.8, 4) is 0 Å². The van der Waals surface area contributed by atoms with Crippen LogP contribution in [0.1, 0.15) is 54.4 Å². The average molecular weight is 376 g/mol. The highest BCUT2D eigenvalue weighted by Gasteiger charge is 2.26. The number of carbonyl (C=O) groups excluding carboxylic acids is 1. The molecule has 0 saturated heterocycles. The molecule has 1 fully saturated rings. The summed E-state index contributed by atoms with van der Waals surface area (Å²) in [7, 11) is -3.46. The third kappa shape index (κ3) is 3.96. The third-order valence-corrected chi connectivity index (χ3v) is 6.63. The second-order valence-corrected chi connectivity index (χ2v) is 8.34. The van der Waals surface area contributed by atoms with Crippen LogP contribution in [0.5, 0.6) is 0 Å². The number of carbonyl (C=O) groups is 1. The second-order valence-electron chi connectivity index (χ2n) is 6.40. The van der Waals surface area contributed by atoms with Crippen LogP contribution >= 0.6 is 0 Å². The van der Waals surface area contributed by atoms with Crippen molar-refractivity contribution in [2.45, 2.75) is 44.0 Å². The minimum Gasteiger partial charge on any atom is -0.347 e. The number of hydrogen-bond donors (Lipinski definition) is 2. The molecular weight excluding hydrogens is 352 g/mol. The standard InChI is InChI=1S/C18H24N4O3S/c1-3-22(4-2)26(24,25)15-9-5-13(6-10-15)12-19-18(23)17-11-16(20-21-17)14-7-8-14/h5-6,9-11,14H,3-4,7-8,12H2,1-2H3,(H,19,23)(H,20,21). The normalized spacial score (nSPS) is 14.6. The van der Waals surface area contributed by atoms with Crippen molar-refractivity contribution in [1.29, 1.82) is 0 Å². The minimum absolute atomic E-state index is 0.243. The smallest absolute Gasteiger partial charge is 0.272 e. The summed E-state index contributed by atoms with van der Waals surface area (Å²) in [4.78, 5) is 12.4. The quantitative estimate of drug-likeness (QED) is 0.739. The first-order chi connectivity index (χ1) is 12.5. The Hall–Kier alpha value is -2.19. The minimum atomic E-state index is -3.46. The molecule has 1 amide bonds. The van der Waals surface area contributed by atoms with E-state index in [1.54, 1.807) is 30.3 Å². The Kier molecular flexibility index (Phi) is 5.43. The summed E-state index contributed by atoms with van der Waals surface area (Å²) in [6.45, 7) is 4.81. The molecule has 0 atom stereocenters. The first-order valence-electron chi connectivity index (χ1n) is 8.88. The zero-order valence-corrected chi connectivity index (χ0v) is 15.8. The van der Waals surface area contributed by atoms with Crippen LogP contribution in [0, 0.1) is 0 Å². The summed E-state index contributed by atoms with van der Waals surface area (Å²) in [5.41, 5.74) is 2.23. The van der Waals surface area contributed by atoms with Crippen molar-refractivity contribution in [3.05, 3.63) is 47.3 Å². The van der Waals surface area contributed by atoms with Crippen molar-refractivity contribution in [3.63, 3.8) is 0 Å². The van der Waals surface area contributed by atoms with Crippen LogP contribution in [-0.2, 0) is 16.6 Å². The van der Waals surface area contributed by atoms with Crippen LogP contribution in [0.25, 0.3) is 0 Å². The lowest BCUT2D eigenvalue weighted by Gasteiger charge is -2.18. The maximum absolute atomic E-state index is 12.5. The molecule has 1 aliphatic rings. The van der Waals surface area contributed by atoms with Crippen LogP contribution < -0.4 is 5.32 Å². The Labute approximate surface area is 153 Å². The molecule has 26 heavy (non-hydrogen) atoms. The summed E-state index contributed by atoms with van der Waals surface area (Å²) in [5, 5.41) is 9.77. The van der Waals surface area contributed by atoms with E-state index < -0.39 is 10.0 Å². The average Bonchev–Trinajstić information content (AvgIpc) is 3.37. The zero-order chi connectivity index (χ0) is 18.7. The van der Waals surface area contributed by atoms with Crippen molar-refractivity contribution in [2.75, 3.05) is 13.1 Å². The largest absolute Gasteiger partial charge is 0.347 e. The molecule has 3 rings (SSSR count). The summed E-state index contributed by atoms with van der Waals surface area (Å²) < 4.78 is 26.3. The lowest BCUT2D eigenvalue weighted by molar-refractivity contribution is 0.0946. The molecule has 0 unspecified atom stereocenters. The number of nitrogens with one attached hydrogen (secondary N) is 2. The predicted octanol–water partition coefficient (Wildman–Crippen LogP) is 2.25. The molecule has 2 aromatic rings. The van der Waals surface area contributed by atoms with Crippen molar-refractivity contribution in [2.24, 2.45) is 0 Å².